The lowest BCUT2D eigenvalue weighted by atomic mass is 9.68. The summed E-state index contributed by atoms with van der Waals surface area (Å²) < 4.78 is 23.3. The summed E-state index contributed by atoms with van der Waals surface area (Å²) in [6.07, 6.45) is 2.89. The van der Waals surface area contributed by atoms with Gasteiger partial charge in [0.25, 0.3) is 5.97 Å². The summed E-state index contributed by atoms with van der Waals surface area (Å²) in [7, 11) is 0. The number of ether oxygens (including phenoxy) is 4. The molecule has 2 bridgehead atoms. The summed E-state index contributed by atoms with van der Waals surface area (Å²) in [5.74, 6) is -1.01. The number of hydrogen-bond donors (Lipinski definition) is 0. The minimum absolute atomic E-state index is 0.122. The highest BCUT2D eigenvalue weighted by molar-refractivity contribution is 5.71. The van der Waals surface area contributed by atoms with Crippen molar-refractivity contribution in [2.24, 2.45) is 5.92 Å². The predicted octanol–water partition coefficient (Wildman–Crippen LogP) is 1.99. The van der Waals surface area contributed by atoms with Crippen LogP contribution in [-0.4, -0.2) is 36.4 Å². The van der Waals surface area contributed by atoms with Crippen LogP contribution in [0.4, 0.5) is 0 Å². The maximum Gasteiger partial charge on any atom is 0.306 e. The Balaban J connectivity index is 2.03. The summed E-state index contributed by atoms with van der Waals surface area (Å²) in [5, 5.41) is 0. The van der Waals surface area contributed by atoms with Crippen molar-refractivity contribution < 1.29 is 23.7 Å². The molecule has 108 valence electrons. The molecule has 0 aromatic carbocycles. The average molecular weight is 270 g/mol. The molecular formula is C14H22O5. The average Bonchev–Trinajstić information content (AvgIpc) is 2.57. The van der Waals surface area contributed by atoms with Crippen LogP contribution in [0.2, 0.25) is 0 Å². The molecule has 4 atom stereocenters. The number of carbonyl (C=O) groups is 1. The molecule has 4 unspecified atom stereocenters. The molecule has 0 N–H and O–H groups in total. The van der Waals surface area contributed by atoms with E-state index in [1.807, 2.05) is 6.92 Å². The second kappa shape index (κ2) is 4.17. The molecule has 0 aromatic heterocycles. The van der Waals surface area contributed by atoms with E-state index in [1.165, 1.54) is 0 Å². The Labute approximate surface area is 113 Å². The first kappa shape index (κ1) is 13.3. The van der Waals surface area contributed by atoms with Crippen LogP contribution in [0.5, 0.6) is 0 Å². The van der Waals surface area contributed by atoms with Crippen molar-refractivity contribution in [1.82, 2.24) is 0 Å². The summed E-state index contributed by atoms with van der Waals surface area (Å²) in [6, 6.07) is 0. The summed E-state index contributed by atoms with van der Waals surface area (Å²) in [4.78, 5) is 11.6. The number of hydrogen-bond acceptors (Lipinski definition) is 5. The molecular weight excluding hydrogens is 248 g/mol. The van der Waals surface area contributed by atoms with Crippen LogP contribution in [0.1, 0.15) is 46.5 Å². The first-order chi connectivity index (χ1) is 8.99. The van der Waals surface area contributed by atoms with E-state index in [4.69, 9.17) is 18.9 Å². The van der Waals surface area contributed by atoms with Crippen molar-refractivity contribution in [1.29, 1.82) is 0 Å². The van der Waals surface area contributed by atoms with Crippen LogP contribution in [0, 0.1) is 5.92 Å². The smallest absolute Gasteiger partial charge is 0.306 e. The lowest BCUT2D eigenvalue weighted by Gasteiger charge is -2.48. The Bertz CT molecular complexity index is 397. The first-order valence-corrected chi connectivity index (χ1v) is 7.19. The molecule has 3 fully saturated rings. The quantitative estimate of drug-likeness (QED) is 0.718. The largest absolute Gasteiger partial charge is 0.462 e. The van der Waals surface area contributed by atoms with Gasteiger partial charge >= 0.3 is 5.97 Å². The molecule has 3 saturated heterocycles. The molecule has 0 radical (unpaired) electrons. The molecule has 3 aliphatic rings. The summed E-state index contributed by atoms with van der Waals surface area (Å²) in [6.45, 7) is 6.90. The molecule has 3 heterocycles. The van der Waals surface area contributed by atoms with Gasteiger partial charge in [0.05, 0.1) is 13.0 Å². The lowest BCUT2D eigenvalue weighted by molar-refractivity contribution is -0.363. The highest BCUT2D eigenvalue weighted by Gasteiger charge is 2.70. The number of fused-ring (bicyclic) bond motifs is 3. The summed E-state index contributed by atoms with van der Waals surface area (Å²) in [5.41, 5.74) is -0.961. The Morgan fingerprint density at radius 1 is 1.32 bits per heavy atom. The Kier molecular flexibility index (Phi) is 2.93. The number of cyclic esters (lactones) is 1. The molecule has 1 spiro atoms. The summed E-state index contributed by atoms with van der Waals surface area (Å²) >= 11 is 0. The zero-order chi connectivity index (χ0) is 13.7. The zero-order valence-electron chi connectivity index (χ0n) is 11.9. The predicted molar refractivity (Wildman–Crippen MR) is 66.3 cm³/mol. The van der Waals surface area contributed by atoms with Crippen molar-refractivity contribution in [2.75, 3.05) is 13.2 Å². The molecule has 3 aliphatic heterocycles. The molecule has 0 aliphatic carbocycles. The number of rotatable bonds is 2. The van der Waals surface area contributed by atoms with Crippen LogP contribution in [-0.2, 0) is 23.7 Å². The monoisotopic (exact) mass is 270 g/mol. The van der Waals surface area contributed by atoms with Gasteiger partial charge in [-0.15, -0.1) is 0 Å². The molecule has 0 saturated carbocycles. The topological polar surface area (TPSA) is 54.0 Å². The minimum Gasteiger partial charge on any atom is -0.462 e. The van der Waals surface area contributed by atoms with E-state index in [1.54, 1.807) is 0 Å². The third kappa shape index (κ3) is 1.68. The molecule has 0 aromatic rings. The normalized spacial score (nSPS) is 49.4. The van der Waals surface area contributed by atoms with Crippen molar-refractivity contribution in [2.45, 2.75) is 63.6 Å². The van der Waals surface area contributed by atoms with E-state index in [9.17, 15) is 4.79 Å². The van der Waals surface area contributed by atoms with Crippen molar-refractivity contribution >= 4 is 5.97 Å². The van der Waals surface area contributed by atoms with Crippen molar-refractivity contribution in [3.8, 4) is 0 Å². The standard InChI is InChI=1S/C14H22O5/c1-4-10-8-11(15)16-9-14(10)13(5-2)6-7-17-12(3,18-13)19-14/h10H,4-9H2,1-3H3. The zero-order valence-corrected chi connectivity index (χ0v) is 11.9. The van der Waals surface area contributed by atoms with Crippen molar-refractivity contribution in [3.63, 3.8) is 0 Å². The highest BCUT2D eigenvalue weighted by Crippen LogP contribution is 2.57. The highest BCUT2D eigenvalue weighted by atomic mass is 16.9. The van der Waals surface area contributed by atoms with Gasteiger partial charge in [0.2, 0.25) is 0 Å². The number of carbonyl (C=O) groups excluding carboxylic acids is 1. The van der Waals surface area contributed by atoms with Crippen LogP contribution >= 0.6 is 0 Å². The van der Waals surface area contributed by atoms with E-state index < -0.39 is 17.2 Å². The third-order valence-corrected chi connectivity index (χ3v) is 4.97. The first-order valence-electron chi connectivity index (χ1n) is 7.19. The van der Waals surface area contributed by atoms with Gasteiger partial charge in [-0.3, -0.25) is 4.79 Å². The van der Waals surface area contributed by atoms with Gasteiger partial charge in [-0.25, -0.2) is 0 Å². The second-order valence-electron chi connectivity index (χ2n) is 5.87. The maximum absolute atomic E-state index is 11.6. The van der Waals surface area contributed by atoms with E-state index in [-0.39, 0.29) is 18.5 Å². The third-order valence-electron chi connectivity index (χ3n) is 4.97. The van der Waals surface area contributed by atoms with Crippen LogP contribution < -0.4 is 0 Å². The van der Waals surface area contributed by atoms with Gasteiger partial charge in [0, 0.05) is 19.3 Å². The number of esters is 1. The molecule has 5 nitrogen and oxygen atoms in total. The second-order valence-corrected chi connectivity index (χ2v) is 5.87. The molecule has 0 amide bonds. The molecule has 3 rings (SSSR count). The van der Waals surface area contributed by atoms with E-state index in [2.05, 4.69) is 13.8 Å². The Morgan fingerprint density at radius 3 is 2.79 bits per heavy atom. The Morgan fingerprint density at radius 2 is 2.11 bits per heavy atom. The van der Waals surface area contributed by atoms with Gasteiger partial charge in [0.1, 0.15) is 17.8 Å². The molecule has 19 heavy (non-hydrogen) atoms. The van der Waals surface area contributed by atoms with Gasteiger partial charge in [-0.1, -0.05) is 13.8 Å². The van der Waals surface area contributed by atoms with Crippen molar-refractivity contribution in [3.05, 3.63) is 0 Å². The SMILES string of the molecule is CCC1CC(=O)OCC12OC1(C)OCCC2(CC)O1. The van der Waals surface area contributed by atoms with E-state index in [0.29, 0.717) is 13.0 Å². The fourth-order valence-electron chi connectivity index (χ4n) is 3.98. The van der Waals surface area contributed by atoms with Crippen LogP contribution in [0.15, 0.2) is 0 Å². The van der Waals surface area contributed by atoms with Gasteiger partial charge in [-0.2, -0.15) is 0 Å². The van der Waals surface area contributed by atoms with Gasteiger partial charge in [-0.05, 0) is 12.8 Å². The van der Waals surface area contributed by atoms with Crippen LogP contribution in [0.3, 0.4) is 0 Å². The lowest BCUT2D eigenvalue weighted by Crippen LogP contribution is -2.62. The Hall–Kier alpha value is -0.650. The van der Waals surface area contributed by atoms with E-state index in [0.717, 1.165) is 19.3 Å². The van der Waals surface area contributed by atoms with Crippen LogP contribution in [0.25, 0.3) is 0 Å². The molecule has 5 heteroatoms. The fourth-order valence-corrected chi connectivity index (χ4v) is 3.98. The van der Waals surface area contributed by atoms with Gasteiger partial charge < -0.3 is 18.9 Å². The minimum atomic E-state index is -0.995. The maximum atomic E-state index is 11.6. The van der Waals surface area contributed by atoms with Gasteiger partial charge in [0.15, 0.2) is 0 Å². The fraction of sp³-hybridized carbons (Fsp3) is 0.929. The van der Waals surface area contributed by atoms with E-state index >= 15 is 0 Å².